The van der Waals surface area contributed by atoms with Gasteiger partial charge < -0.3 is 5.73 Å². The molecule has 1 aromatic heterocycles. The van der Waals surface area contributed by atoms with E-state index in [1.165, 1.54) is 36.3 Å². The van der Waals surface area contributed by atoms with E-state index in [1.54, 1.807) is 0 Å². The molecule has 0 saturated heterocycles. The summed E-state index contributed by atoms with van der Waals surface area (Å²) in [5.74, 6) is 0.610. The maximum absolute atomic E-state index is 15.5. The average Bonchev–Trinajstić information content (AvgIpc) is 2.68. The quantitative estimate of drug-likeness (QED) is 0.583. The summed E-state index contributed by atoms with van der Waals surface area (Å²) in [6.45, 7) is 0. The molecule has 6 heteroatoms. The first-order valence-electron chi connectivity index (χ1n) is 9.50. The third-order valence-electron chi connectivity index (χ3n) is 5.50. The highest BCUT2D eigenvalue weighted by atomic mass is 32.2. The molecule has 1 heterocycles. The van der Waals surface area contributed by atoms with Crippen molar-refractivity contribution in [1.29, 1.82) is 0 Å². The Morgan fingerprint density at radius 1 is 1.00 bits per heavy atom. The van der Waals surface area contributed by atoms with Crippen LogP contribution in [0.15, 0.2) is 53.7 Å². The SMILES string of the molecule is NSc1ccc(CCc2c(C3CCC3)ccc(-c3cnc(N)cn3)c2F)cc1. The largest absolute Gasteiger partial charge is 0.382 e. The molecule has 28 heavy (non-hydrogen) atoms. The third-order valence-corrected chi connectivity index (χ3v) is 6.04. The molecule has 0 amide bonds. The summed E-state index contributed by atoms with van der Waals surface area (Å²) in [7, 11) is 0. The first kappa shape index (κ1) is 18.9. The fraction of sp³-hybridized carbons (Fsp3) is 0.273. The lowest BCUT2D eigenvalue weighted by molar-refractivity contribution is 0.414. The molecular formula is C22H23FN4S. The summed E-state index contributed by atoms with van der Waals surface area (Å²) < 4.78 is 15.5. The minimum Gasteiger partial charge on any atom is -0.382 e. The van der Waals surface area contributed by atoms with Crippen molar-refractivity contribution >= 4 is 17.8 Å². The second-order valence-electron chi connectivity index (χ2n) is 7.21. The summed E-state index contributed by atoms with van der Waals surface area (Å²) in [5, 5.41) is 5.59. The van der Waals surface area contributed by atoms with Crippen LogP contribution in [-0.4, -0.2) is 9.97 Å². The Morgan fingerprint density at radius 2 is 1.79 bits per heavy atom. The van der Waals surface area contributed by atoms with Gasteiger partial charge in [0.15, 0.2) is 0 Å². The van der Waals surface area contributed by atoms with Crippen LogP contribution in [0.3, 0.4) is 0 Å². The molecule has 2 aromatic carbocycles. The van der Waals surface area contributed by atoms with Crippen molar-refractivity contribution in [2.45, 2.75) is 42.9 Å². The molecule has 0 radical (unpaired) electrons. The number of rotatable bonds is 6. The van der Waals surface area contributed by atoms with E-state index < -0.39 is 0 Å². The molecule has 1 saturated carbocycles. The van der Waals surface area contributed by atoms with E-state index in [4.69, 9.17) is 10.9 Å². The van der Waals surface area contributed by atoms with Crippen LogP contribution in [-0.2, 0) is 12.8 Å². The van der Waals surface area contributed by atoms with E-state index >= 15 is 4.39 Å². The summed E-state index contributed by atoms with van der Waals surface area (Å²) in [5.41, 5.74) is 9.74. The lowest BCUT2D eigenvalue weighted by Crippen LogP contribution is -2.13. The number of nitrogen functional groups attached to an aromatic ring is 1. The maximum Gasteiger partial charge on any atom is 0.141 e. The molecule has 4 N–H and O–H groups in total. The van der Waals surface area contributed by atoms with Crippen molar-refractivity contribution in [3.05, 3.63) is 71.3 Å². The highest BCUT2D eigenvalue weighted by Crippen LogP contribution is 2.40. The predicted molar refractivity (Wildman–Crippen MR) is 112 cm³/mol. The van der Waals surface area contributed by atoms with Gasteiger partial charge in [0.1, 0.15) is 11.6 Å². The molecule has 1 aliphatic carbocycles. The minimum atomic E-state index is -0.183. The maximum atomic E-state index is 15.5. The van der Waals surface area contributed by atoms with Crippen molar-refractivity contribution in [3.8, 4) is 11.3 Å². The van der Waals surface area contributed by atoms with Gasteiger partial charge in [-0.2, -0.15) is 0 Å². The molecule has 0 spiro atoms. The molecule has 4 rings (SSSR count). The van der Waals surface area contributed by atoms with E-state index in [1.807, 2.05) is 18.2 Å². The number of nitrogens with zero attached hydrogens (tertiary/aromatic N) is 2. The Morgan fingerprint density at radius 3 is 2.39 bits per heavy atom. The Balaban J connectivity index is 1.65. The Bertz CT molecular complexity index is 954. The number of benzene rings is 2. The molecule has 3 aromatic rings. The summed E-state index contributed by atoms with van der Waals surface area (Å²) >= 11 is 1.23. The number of halogens is 1. The fourth-order valence-corrected chi connectivity index (χ4v) is 3.96. The van der Waals surface area contributed by atoms with Crippen LogP contribution < -0.4 is 10.9 Å². The van der Waals surface area contributed by atoms with E-state index in [2.05, 4.69) is 28.2 Å². The normalized spacial score (nSPS) is 14.1. The second-order valence-corrected chi connectivity index (χ2v) is 7.92. The molecule has 0 unspecified atom stereocenters. The van der Waals surface area contributed by atoms with E-state index in [9.17, 15) is 0 Å². The number of aryl methyl sites for hydroxylation is 1. The Kier molecular flexibility index (Phi) is 5.59. The number of hydrogen-bond donors (Lipinski definition) is 2. The van der Waals surface area contributed by atoms with Gasteiger partial charge in [-0.05, 0) is 78.4 Å². The molecule has 0 aliphatic heterocycles. The van der Waals surface area contributed by atoms with Crippen molar-refractivity contribution in [1.82, 2.24) is 9.97 Å². The minimum absolute atomic E-state index is 0.183. The van der Waals surface area contributed by atoms with Gasteiger partial charge in [0.05, 0.1) is 18.1 Å². The molecule has 144 valence electrons. The number of hydrogen-bond acceptors (Lipinski definition) is 5. The zero-order valence-corrected chi connectivity index (χ0v) is 16.4. The number of aromatic nitrogens is 2. The van der Waals surface area contributed by atoms with Gasteiger partial charge >= 0.3 is 0 Å². The van der Waals surface area contributed by atoms with Crippen molar-refractivity contribution in [3.63, 3.8) is 0 Å². The molecule has 0 bridgehead atoms. The summed E-state index contributed by atoms with van der Waals surface area (Å²) in [4.78, 5) is 9.33. The standard InChI is InChI=1S/C22H23FN4S/c23-22-18(9-6-14-4-7-16(28-25)8-5-14)17(15-2-1-3-15)10-11-19(22)20-12-27-21(24)13-26-20/h4-5,7-8,10-13,15H,1-3,6,9,25H2,(H2,24,27). The van der Waals surface area contributed by atoms with E-state index in [0.29, 0.717) is 29.4 Å². The molecule has 1 fully saturated rings. The van der Waals surface area contributed by atoms with Crippen LogP contribution in [0.4, 0.5) is 10.2 Å². The average molecular weight is 395 g/mol. The smallest absolute Gasteiger partial charge is 0.141 e. The summed E-state index contributed by atoms with van der Waals surface area (Å²) in [6, 6.07) is 12.0. The lowest BCUT2D eigenvalue weighted by atomic mass is 9.77. The van der Waals surface area contributed by atoms with Crippen LogP contribution in [0.25, 0.3) is 11.3 Å². The van der Waals surface area contributed by atoms with Crippen LogP contribution in [0.5, 0.6) is 0 Å². The fourth-order valence-electron chi connectivity index (χ4n) is 3.67. The zero-order chi connectivity index (χ0) is 19.5. The molecule has 1 aliphatic rings. The molecular weight excluding hydrogens is 371 g/mol. The summed E-state index contributed by atoms with van der Waals surface area (Å²) in [6.07, 6.45) is 7.92. The van der Waals surface area contributed by atoms with Crippen LogP contribution >= 0.6 is 11.9 Å². The van der Waals surface area contributed by atoms with Crippen molar-refractivity contribution in [2.24, 2.45) is 5.14 Å². The first-order valence-corrected chi connectivity index (χ1v) is 10.4. The van der Waals surface area contributed by atoms with Gasteiger partial charge in [-0.25, -0.2) is 9.37 Å². The monoisotopic (exact) mass is 394 g/mol. The van der Waals surface area contributed by atoms with E-state index in [-0.39, 0.29) is 5.82 Å². The Labute approximate surface area is 168 Å². The molecule has 0 atom stereocenters. The van der Waals surface area contributed by atoms with Crippen molar-refractivity contribution in [2.75, 3.05) is 5.73 Å². The van der Waals surface area contributed by atoms with Gasteiger partial charge in [-0.3, -0.25) is 10.1 Å². The van der Waals surface area contributed by atoms with Gasteiger partial charge in [0.25, 0.3) is 0 Å². The highest BCUT2D eigenvalue weighted by molar-refractivity contribution is 7.97. The first-order chi connectivity index (χ1) is 13.7. The van der Waals surface area contributed by atoms with Gasteiger partial charge in [0, 0.05) is 10.5 Å². The number of nitrogens with two attached hydrogens (primary N) is 2. The van der Waals surface area contributed by atoms with Crippen molar-refractivity contribution < 1.29 is 4.39 Å². The van der Waals surface area contributed by atoms with E-state index in [0.717, 1.165) is 35.3 Å². The van der Waals surface area contributed by atoms with Crippen LogP contribution in [0.2, 0.25) is 0 Å². The van der Waals surface area contributed by atoms with Gasteiger partial charge in [0.2, 0.25) is 0 Å². The predicted octanol–water partition coefficient (Wildman–Crippen LogP) is 4.88. The Hall–Kier alpha value is -2.44. The van der Waals surface area contributed by atoms with Gasteiger partial charge in [-0.1, -0.05) is 24.6 Å². The topological polar surface area (TPSA) is 77.8 Å². The van der Waals surface area contributed by atoms with Crippen LogP contribution in [0, 0.1) is 5.82 Å². The number of anilines is 1. The molecule has 4 nitrogen and oxygen atoms in total. The highest BCUT2D eigenvalue weighted by Gasteiger charge is 2.25. The third kappa shape index (κ3) is 3.88. The zero-order valence-electron chi connectivity index (χ0n) is 15.6. The van der Waals surface area contributed by atoms with Gasteiger partial charge in [-0.15, -0.1) is 0 Å². The second kappa shape index (κ2) is 8.29. The van der Waals surface area contributed by atoms with Crippen LogP contribution in [0.1, 0.15) is 41.9 Å². The lowest BCUT2D eigenvalue weighted by Gasteiger charge is -2.29.